The molecule has 0 bridgehead atoms. The number of aryl methyl sites for hydroxylation is 1. The van der Waals surface area contributed by atoms with Gasteiger partial charge in [0.1, 0.15) is 0 Å². The van der Waals surface area contributed by atoms with Crippen molar-refractivity contribution in [2.45, 2.75) is 19.8 Å². The van der Waals surface area contributed by atoms with Gasteiger partial charge in [-0.2, -0.15) is 0 Å². The molecular formula is C18H16OS. The quantitative estimate of drug-likeness (QED) is 0.622. The lowest BCUT2D eigenvalue weighted by molar-refractivity contribution is 0.0992. The molecule has 20 heavy (non-hydrogen) atoms. The summed E-state index contributed by atoms with van der Waals surface area (Å²) in [7, 11) is 0. The Morgan fingerprint density at radius 1 is 1.00 bits per heavy atom. The van der Waals surface area contributed by atoms with E-state index >= 15 is 0 Å². The second-order valence-electron chi connectivity index (χ2n) is 4.87. The first-order valence-electron chi connectivity index (χ1n) is 6.86. The molecule has 0 aliphatic carbocycles. The maximum atomic E-state index is 12.5. The molecule has 3 rings (SSSR count). The van der Waals surface area contributed by atoms with Crippen LogP contribution in [0.1, 0.15) is 28.4 Å². The van der Waals surface area contributed by atoms with Gasteiger partial charge in [-0.1, -0.05) is 49.4 Å². The Bertz CT molecular complexity index is 755. The Kier molecular flexibility index (Phi) is 3.66. The number of hydrogen-bond donors (Lipinski definition) is 0. The van der Waals surface area contributed by atoms with Gasteiger partial charge in [-0.25, -0.2) is 0 Å². The first kappa shape index (κ1) is 13.1. The summed E-state index contributed by atoms with van der Waals surface area (Å²) in [6.45, 7) is 2.09. The fourth-order valence-corrected chi connectivity index (χ4v) is 3.50. The molecule has 0 saturated carbocycles. The summed E-state index contributed by atoms with van der Waals surface area (Å²) in [6, 6.07) is 16.2. The van der Waals surface area contributed by atoms with Gasteiger partial charge in [0.2, 0.25) is 0 Å². The van der Waals surface area contributed by atoms with Crippen molar-refractivity contribution in [1.82, 2.24) is 0 Å². The number of Topliss-reactive ketones (excluding diaryl/α,β-unsaturated/α-hetero) is 1. The van der Waals surface area contributed by atoms with Gasteiger partial charge in [0.05, 0.1) is 0 Å². The minimum Gasteiger partial charge on any atom is -0.294 e. The van der Waals surface area contributed by atoms with Crippen LogP contribution < -0.4 is 0 Å². The molecule has 0 unspecified atom stereocenters. The summed E-state index contributed by atoms with van der Waals surface area (Å²) >= 11 is 1.71. The van der Waals surface area contributed by atoms with E-state index in [-0.39, 0.29) is 5.78 Å². The number of hydrogen-bond acceptors (Lipinski definition) is 2. The van der Waals surface area contributed by atoms with Gasteiger partial charge in [-0.05, 0) is 34.4 Å². The topological polar surface area (TPSA) is 17.1 Å². The molecule has 0 aliphatic heterocycles. The molecule has 3 aromatic rings. The lowest BCUT2D eigenvalue weighted by atomic mass is 9.97. The number of rotatable bonds is 4. The van der Waals surface area contributed by atoms with Crippen molar-refractivity contribution in [3.8, 4) is 0 Å². The number of thiophene rings is 1. The Hall–Kier alpha value is -1.93. The van der Waals surface area contributed by atoms with Gasteiger partial charge in [0, 0.05) is 16.7 Å². The number of carbonyl (C=O) groups excluding carboxylic acids is 1. The largest absolute Gasteiger partial charge is 0.294 e. The monoisotopic (exact) mass is 280 g/mol. The fraction of sp³-hybridized carbons (Fsp3) is 0.167. The summed E-state index contributed by atoms with van der Waals surface area (Å²) in [5.41, 5.74) is 3.14. The van der Waals surface area contributed by atoms with E-state index in [1.54, 1.807) is 11.3 Å². The highest BCUT2D eigenvalue weighted by atomic mass is 32.1. The SMILES string of the molecule is CCc1ccccc1C(=O)Cc1csc2ccccc12. The average Bonchev–Trinajstić information content (AvgIpc) is 2.90. The van der Waals surface area contributed by atoms with E-state index in [1.165, 1.54) is 10.1 Å². The molecule has 1 nitrogen and oxygen atoms in total. The van der Waals surface area contributed by atoms with Crippen LogP contribution in [0.5, 0.6) is 0 Å². The van der Waals surface area contributed by atoms with Crippen molar-refractivity contribution in [3.63, 3.8) is 0 Å². The summed E-state index contributed by atoms with van der Waals surface area (Å²) in [6.07, 6.45) is 1.38. The summed E-state index contributed by atoms with van der Waals surface area (Å²) < 4.78 is 1.25. The highest BCUT2D eigenvalue weighted by Crippen LogP contribution is 2.27. The van der Waals surface area contributed by atoms with Crippen molar-refractivity contribution >= 4 is 27.2 Å². The normalized spacial score (nSPS) is 10.8. The Morgan fingerprint density at radius 3 is 2.60 bits per heavy atom. The predicted molar refractivity (Wildman–Crippen MR) is 85.7 cm³/mol. The first-order valence-corrected chi connectivity index (χ1v) is 7.73. The van der Waals surface area contributed by atoms with E-state index in [0.29, 0.717) is 6.42 Å². The van der Waals surface area contributed by atoms with Crippen LogP contribution in [-0.4, -0.2) is 5.78 Å². The molecule has 0 spiro atoms. The third kappa shape index (κ3) is 2.39. The van der Waals surface area contributed by atoms with Crippen LogP contribution in [0.15, 0.2) is 53.9 Å². The first-order chi connectivity index (χ1) is 9.79. The second-order valence-corrected chi connectivity index (χ2v) is 5.78. The van der Waals surface area contributed by atoms with Crippen LogP contribution in [-0.2, 0) is 12.8 Å². The van der Waals surface area contributed by atoms with Gasteiger partial charge in [-0.15, -0.1) is 11.3 Å². The number of fused-ring (bicyclic) bond motifs is 1. The molecular weight excluding hydrogens is 264 g/mol. The summed E-state index contributed by atoms with van der Waals surface area (Å²) in [5.74, 6) is 0.214. The molecule has 1 heterocycles. The van der Waals surface area contributed by atoms with Crippen molar-refractivity contribution in [2.24, 2.45) is 0 Å². The third-order valence-electron chi connectivity index (χ3n) is 3.61. The second kappa shape index (κ2) is 5.59. The van der Waals surface area contributed by atoms with Gasteiger partial charge < -0.3 is 0 Å². The maximum absolute atomic E-state index is 12.5. The minimum absolute atomic E-state index is 0.214. The van der Waals surface area contributed by atoms with Crippen LogP contribution in [0.25, 0.3) is 10.1 Å². The molecule has 0 atom stereocenters. The van der Waals surface area contributed by atoms with E-state index in [2.05, 4.69) is 24.4 Å². The highest BCUT2D eigenvalue weighted by Gasteiger charge is 2.13. The van der Waals surface area contributed by atoms with Gasteiger partial charge in [-0.3, -0.25) is 4.79 Å². The lowest BCUT2D eigenvalue weighted by Crippen LogP contribution is -2.06. The zero-order chi connectivity index (χ0) is 13.9. The smallest absolute Gasteiger partial charge is 0.167 e. The van der Waals surface area contributed by atoms with Crippen molar-refractivity contribution in [3.05, 3.63) is 70.6 Å². The number of ketones is 1. The minimum atomic E-state index is 0.214. The maximum Gasteiger partial charge on any atom is 0.167 e. The molecule has 0 N–H and O–H groups in total. The Labute approximate surface area is 122 Å². The standard InChI is InChI=1S/C18H16OS/c1-2-13-7-3-4-8-15(13)17(19)11-14-12-20-18-10-6-5-9-16(14)18/h3-10,12H,2,11H2,1H3. The molecule has 2 heteroatoms. The molecule has 0 saturated heterocycles. The average molecular weight is 280 g/mol. The summed E-state index contributed by atoms with van der Waals surface area (Å²) in [4.78, 5) is 12.5. The third-order valence-corrected chi connectivity index (χ3v) is 4.62. The van der Waals surface area contributed by atoms with Crippen molar-refractivity contribution < 1.29 is 4.79 Å². The zero-order valence-electron chi connectivity index (χ0n) is 11.4. The Balaban J connectivity index is 1.93. The Morgan fingerprint density at radius 2 is 1.75 bits per heavy atom. The van der Waals surface area contributed by atoms with Gasteiger partial charge >= 0.3 is 0 Å². The summed E-state index contributed by atoms with van der Waals surface area (Å²) in [5, 5.41) is 3.32. The van der Waals surface area contributed by atoms with Crippen LogP contribution >= 0.6 is 11.3 Å². The highest BCUT2D eigenvalue weighted by molar-refractivity contribution is 7.17. The van der Waals surface area contributed by atoms with E-state index in [4.69, 9.17) is 0 Å². The van der Waals surface area contributed by atoms with Gasteiger partial charge in [0.15, 0.2) is 5.78 Å². The van der Waals surface area contributed by atoms with Crippen molar-refractivity contribution in [2.75, 3.05) is 0 Å². The van der Waals surface area contributed by atoms with Crippen LogP contribution in [0, 0.1) is 0 Å². The number of carbonyl (C=O) groups is 1. The van der Waals surface area contributed by atoms with Crippen LogP contribution in [0.3, 0.4) is 0 Å². The molecule has 0 aliphatic rings. The van der Waals surface area contributed by atoms with Crippen molar-refractivity contribution in [1.29, 1.82) is 0 Å². The predicted octanol–water partition coefficient (Wildman–Crippen LogP) is 4.89. The molecule has 1 aromatic heterocycles. The van der Waals surface area contributed by atoms with E-state index < -0.39 is 0 Å². The number of benzene rings is 2. The van der Waals surface area contributed by atoms with Gasteiger partial charge in [0.25, 0.3) is 0 Å². The zero-order valence-corrected chi connectivity index (χ0v) is 12.2. The molecule has 0 amide bonds. The van der Waals surface area contributed by atoms with Crippen LogP contribution in [0.4, 0.5) is 0 Å². The van der Waals surface area contributed by atoms with Crippen LogP contribution in [0.2, 0.25) is 0 Å². The van der Waals surface area contributed by atoms with E-state index in [0.717, 1.165) is 23.1 Å². The van der Waals surface area contributed by atoms with E-state index in [1.807, 2.05) is 36.4 Å². The molecule has 100 valence electrons. The molecule has 0 radical (unpaired) electrons. The molecule has 0 fully saturated rings. The van der Waals surface area contributed by atoms with E-state index in [9.17, 15) is 4.79 Å². The fourth-order valence-electron chi connectivity index (χ4n) is 2.54. The molecule has 2 aromatic carbocycles. The lowest BCUT2D eigenvalue weighted by Gasteiger charge is -2.06.